The number of amidine groups is 1. The van der Waals surface area contributed by atoms with Crippen LogP contribution < -0.4 is 5.32 Å². The van der Waals surface area contributed by atoms with Crippen molar-refractivity contribution in [2.75, 3.05) is 31.5 Å². The number of hydrogen-bond acceptors (Lipinski definition) is 6. The van der Waals surface area contributed by atoms with Gasteiger partial charge in [0.1, 0.15) is 5.60 Å². The van der Waals surface area contributed by atoms with Crippen LogP contribution in [0.1, 0.15) is 24.8 Å². The van der Waals surface area contributed by atoms with E-state index in [9.17, 15) is 0 Å². The Morgan fingerprint density at radius 3 is 3.00 bits per heavy atom. The second-order valence-corrected chi connectivity index (χ2v) is 8.30. The number of piperidine rings is 3. The maximum atomic E-state index is 6.44. The van der Waals surface area contributed by atoms with Gasteiger partial charge in [-0.2, -0.15) is 0 Å². The number of benzene rings is 1. The molecule has 0 radical (unpaired) electrons. The van der Waals surface area contributed by atoms with Gasteiger partial charge in [-0.25, -0.2) is 9.98 Å². The highest BCUT2D eigenvalue weighted by Gasteiger charge is 2.50. The van der Waals surface area contributed by atoms with Crippen molar-refractivity contribution in [1.29, 1.82) is 0 Å². The predicted octanol–water partition coefficient (Wildman–Crippen LogP) is 3.26. The summed E-state index contributed by atoms with van der Waals surface area (Å²) in [5.41, 5.74) is 2.26. The first-order chi connectivity index (χ1) is 11.7. The summed E-state index contributed by atoms with van der Waals surface area (Å²) in [5.74, 6) is 0.674. The number of nitrogens with one attached hydrogen (secondary N) is 1. The largest absolute Gasteiger partial charge is 0.457 e. The van der Waals surface area contributed by atoms with Crippen molar-refractivity contribution in [2.45, 2.75) is 31.8 Å². The van der Waals surface area contributed by atoms with E-state index in [4.69, 9.17) is 4.74 Å². The number of rotatable bonds is 1. The van der Waals surface area contributed by atoms with E-state index in [1.165, 1.54) is 36.2 Å². The number of ether oxygens (including phenoxy) is 1. The zero-order valence-corrected chi connectivity index (χ0v) is 14.7. The van der Waals surface area contributed by atoms with Gasteiger partial charge in [-0.1, -0.05) is 17.4 Å². The molecule has 0 amide bonds. The number of aromatic nitrogens is 1. The Labute approximate surface area is 145 Å². The van der Waals surface area contributed by atoms with E-state index in [2.05, 4.69) is 45.3 Å². The normalized spacial score (nSPS) is 32.0. The first kappa shape index (κ1) is 14.7. The minimum Gasteiger partial charge on any atom is -0.457 e. The highest BCUT2D eigenvalue weighted by atomic mass is 32.1. The van der Waals surface area contributed by atoms with E-state index in [1.807, 2.05) is 0 Å². The Kier molecular flexibility index (Phi) is 3.31. The summed E-state index contributed by atoms with van der Waals surface area (Å²) in [4.78, 5) is 11.8. The van der Waals surface area contributed by atoms with Crippen LogP contribution in [0.25, 0.3) is 10.2 Å². The van der Waals surface area contributed by atoms with Crippen molar-refractivity contribution >= 4 is 32.7 Å². The Bertz CT molecular complexity index is 808. The first-order valence-corrected chi connectivity index (χ1v) is 9.62. The highest BCUT2D eigenvalue weighted by Crippen LogP contribution is 2.42. The average Bonchev–Trinajstić information content (AvgIpc) is 2.97. The summed E-state index contributed by atoms with van der Waals surface area (Å²) < 4.78 is 7.64. The van der Waals surface area contributed by atoms with Gasteiger partial charge in [0.2, 0.25) is 0 Å². The number of anilines is 1. The van der Waals surface area contributed by atoms with E-state index in [0.717, 1.165) is 30.2 Å². The molecule has 6 heteroatoms. The topological polar surface area (TPSA) is 49.8 Å². The lowest BCUT2D eigenvalue weighted by atomic mass is 9.73. The van der Waals surface area contributed by atoms with E-state index in [1.54, 1.807) is 11.3 Å². The molecule has 1 unspecified atom stereocenters. The molecule has 2 aromatic rings. The maximum absolute atomic E-state index is 6.44. The lowest BCUT2D eigenvalue weighted by Gasteiger charge is -2.53. The van der Waals surface area contributed by atoms with Crippen molar-refractivity contribution in [1.82, 2.24) is 9.88 Å². The molecule has 2 bridgehead atoms. The summed E-state index contributed by atoms with van der Waals surface area (Å²) >= 11 is 1.66. The average molecular weight is 342 g/mol. The molecule has 126 valence electrons. The number of nitrogens with zero attached hydrogens (tertiary/aromatic N) is 3. The second kappa shape index (κ2) is 5.43. The zero-order valence-electron chi connectivity index (χ0n) is 13.9. The maximum Gasteiger partial charge on any atom is 0.291 e. The van der Waals surface area contributed by atoms with Gasteiger partial charge < -0.3 is 4.74 Å². The monoisotopic (exact) mass is 342 g/mol. The third-order valence-electron chi connectivity index (χ3n) is 5.67. The van der Waals surface area contributed by atoms with E-state index >= 15 is 0 Å². The summed E-state index contributed by atoms with van der Waals surface area (Å²) in [6, 6.07) is 7.01. The quantitative estimate of drug-likeness (QED) is 0.864. The molecule has 5 heterocycles. The smallest absolute Gasteiger partial charge is 0.291 e. The fourth-order valence-corrected chi connectivity index (χ4v) is 5.34. The highest BCUT2D eigenvalue weighted by molar-refractivity contribution is 7.22. The molecule has 1 atom stereocenters. The van der Waals surface area contributed by atoms with Gasteiger partial charge in [-0.15, -0.1) is 0 Å². The van der Waals surface area contributed by atoms with Gasteiger partial charge >= 0.3 is 0 Å². The fourth-order valence-electron chi connectivity index (χ4n) is 4.39. The van der Waals surface area contributed by atoms with Crippen molar-refractivity contribution in [3.63, 3.8) is 0 Å². The van der Waals surface area contributed by atoms with Gasteiger partial charge in [-0.3, -0.25) is 10.2 Å². The van der Waals surface area contributed by atoms with Crippen molar-refractivity contribution < 1.29 is 4.74 Å². The molecule has 4 aliphatic heterocycles. The standard InChI is InChI=1S/C18H22N4OS/c1-12-2-3-14-15(10-12)24-17(20-14)21-16-19-7-6-18(23-16)11-22-8-4-13(18)5-9-22/h2-3,10,13H,4-9,11H2,1H3,(H,19,20,21). The van der Waals surface area contributed by atoms with Crippen LogP contribution in [0.15, 0.2) is 23.2 Å². The van der Waals surface area contributed by atoms with Gasteiger partial charge in [-0.05, 0) is 50.6 Å². The third kappa shape index (κ3) is 2.40. The minimum atomic E-state index is -0.0339. The van der Waals surface area contributed by atoms with Crippen LogP contribution in [0.4, 0.5) is 5.13 Å². The molecule has 0 aliphatic carbocycles. The molecule has 5 nitrogen and oxygen atoms in total. The van der Waals surface area contributed by atoms with Crippen LogP contribution in [0.5, 0.6) is 0 Å². The van der Waals surface area contributed by atoms with Crippen molar-refractivity contribution in [2.24, 2.45) is 10.9 Å². The SMILES string of the molecule is Cc1ccc2nc(NC3=NCCC4(CN5CCC4CC5)O3)sc2c1. The lowest BCUT2D eigenvalue weighted by molar-refractivity contribution is -0.109. The number of thiazole rings is 1. The zero-order chi connectivity index (χ0) is 16.1. The van der Waals surface area contributed by atoms with Gasteiger partial charge in [0.25, 0.3) is 6.02 Å². The van der Waals surface area contributed by atoms with Crippen LogP contribution in [0.3, 0.4) is 0 Å². The van der Waals surface area contributed by atoms with E-state index in [0.29, 0.717) is 11.9 Å². The Balaban J connectivity index is 1.37. The van der Waals surface area contributed by atoms with E-state index in [-0.39, 0.29) is 5.60 Å². The van der Waals surface area contributed by atoms with Gasteiger partial charge in [0.15, 0.2) is 5.13 Å². The molecular formula is C18H22N4OS. The molecule has 4 aliphatic rings. The van der Waals surface area contributed by atoms with Crippen LogP contribution in [-0.4, -0.2) is 47.7 Å². The molecule has 6 rings (SSSR count). The summed E-state index contributed by atoms with van der Waals surface area (Å²) in [6.45, 7) is 6.46. The minimum absolute atomic E-state index is 0.0339. The Morgan fingerprint density at radius 2 is 2.21 bits per heavy atom. The molecule has 3 saturated heterocycles. The third-order valence-corrected chi connectivity index (χ3v) is 6.60. The van der Waals surface area contributed by atoms with Crippen LogP contribution in [0, 0.1) is 12.8 Å². The molecule has 1 spiro atoms. The molecule has 24 heavy (non-hydrogen) atoms. The molecule has 1 aromatic carbocycles. The number of hydrogen-bond donors (Lipinski definition) is 1. The van der Waals surface area contributed by atoms with Crippen LogP contribution in [0.2, 0.25) is 0 Å². The predicted molar refractivity (Wildman–Crippen MR) is 97.9 cm³/mol. The van der Waals surface area contributed by atoms with Gasteiger partial charge in [0.05, 0.1) is 10.2 Å². The second-order valence-electron chi connectivity index (χ2n) is 7.27. The Hall–Kier alpha value is -1.66. The molecule has 1 aromatic heterocycles. The Morgan fingerprint density at radius 1 is 1.33 bits per heavy atom. The molecule has 0 saturated carbocycles. The van der Waals surface area contributed by atoms with Crippen molar-refractivity contribution in [3.05, 3.63) is 23.8 Å². The van der Waals surface area contributed by atoms with E-state index < -0.39 is 0 Å². The number of aliphatic imine (C=N–C) groups is 1. The molecular weight excluding hydrogens is 320 g/mol. The summed E-state index contributed by atoms with van der Waals surface area (Å²) in [6.07, 6.45) is 3.56. The van der Waals surface area contributed by atoms with Crippen LogP contribution in [-0.2, 0) is 4.74 Å². The molecule has 1 N–H and O–H groups in total. The van der Waals surface area contributed by atoms with Crippen LogP contribution >= 0.6 is 11.3 Å². The van der Waals surface area contributed by atoms with Crippen molar-refractivity contribution in [3.8, 4) is 0 Å². The first-order valence-electron chi connectivity index (χ1n) is 8.80. The number of fused-ring (bicyclic) bond motifs is 3. The summed E-state index contributed by atoms with van der Waals surface area (Å²) in [7, 11) is 0. The lowest BCUT2D eigenvalue weighted by Crippen LogP contribution is -2.62. The summed E-state index contributed by atoms with van der Waals surface area (Å²) in [5, 5.41) is 4.21. The number of aryl methyl sites for hydroxylation is 1. The van der Waals surface area contributed by atoms with Gasteiger partial charge in [0, 0.05) is 25.4 Å². The fraction of sp³-hybridized carbons (Fsp3) is 0.556. The molecule has 3 fully saturated rings.